The molecule has 3 heterocycles. The highest BCUT2D eigenvalue weighted by molar-refractivity contribution is 14.1. The first-order valence-electron chi connectivity index (χ1n) is 9.28. The fourth-order valence-corrected chi connectivity index (χ4v) is 6.11. The number of aromatic nitrogens is 2. The molecule has 0 amide bonds. The fourth-order valence-electron chi connectivity index (χ4n) is 3.86. The topological polar surface area (TPSA) is 84.5 Å². The standard InChI is InChI=1S/C19H21Cl2IN4O2S/c20-11-2-1-3-13(15(11)21)29-14-8-24-18(12(9-27)25-14)26-6-4-19(5-7-26)10-28-17(22)16(19)23/h1-3,8,16-17,27H,4-7,9-10,23H2/t16-,17-/m1/s1. The number of benzene rings is 1. The summed E-state index contributed by atoms with van der Waals surface area (Å²) in [5, 5.41) is 11.5. The van der Waals surface area contributed by atoms with Crippen LogP contribution in [0.3, 0.4) is 0 Å². The van der Waals surface area contributed by atoms with Crippen molar-refractivity contribution in [3.05, 3.63) is 40.1 Å². The number of hydrogen-bond acceptors (Lipinski definition) is 7. The van der Waals surface area contributed by atoms with Gasteiger partial charge in [-0.05, 0) is 47.6 Å². The zero-order valence-corrected chi connectivity index (χ0v) is 20.0. The maximum absolute atomic E-state index is 9.89. The molecule has 3 N–H and O–H groups in total. The van der Waals surface area contributed by atoms with E-state index in [-0.39, 0.29) is 22.2 Å². The maximum Gasteiger partial charge on any atom is 0.152 e. The van der Waals surface area contributed by atoms with Crippen molar-refractivity contribution in [2.24, 2.45) is 11.1 Å². The van der Waals surface area contributed by atoms with Crippen LogP contribution in [0.2, 0.25) is 10.0 Å². The van der Waals surface area contributed by atoms with Crippen molar-refractivity contribution in [2.45, 2.75) is 39.5 Å². The Balaban J connectivity index is 1.50. The van der Waals surface area contributed by atoms with Gasteiger partial charge in [0.25, 0.3) is 0 Å². The minimum Gasteiger partial charge on any atom is -0.390 e. The first-order valence-corrected chi connectivity index (χ1v) is 12.1. The van der Waals surface area contributed by atoms with Crippen LogP contribution in [0.4, 0.5) is 5.82 Å². The molecule has 10 heteroatoms. The van der Waals surface area contributed by atoms with Gasteiger partial charge in [-0.15, -0.1) is 0 Å². The SMILES string of the molecule is N[C@@H]1[C@H](I)OCC12CCN(c1ncc(Sc3cccc(Cl)c3Cl)nc1CO)CC2. The molecule has 1 aromatic carbocycles. The van der Waals surface area contributed by atoms with Crippen LogP contribution in [0.25, 0.3) is 0 Å². The lowest BCUT2D eigenvalue weighted by Crippen LogP contribution is -2.50. The molecule has 2 fully saturated rings. The minimum atomic E-state index is -0.180. The zero-order valence-electron chi connectivity index (χ0n) is 15.5. The lowest BCUT2D eigenvalue weighted by molar-refractivity contribution is 0.127. The predicted octanol–water partition coefficient (Wildman–Crippen LogP) is 4.13. The summed E-state index contributed by atoms with van der Waals surface area (Å²) >= 11 is 16.0. The number of nitrogens with zero attached hydrogens (tertiary/aromatic N) is 3. The van der Waals surface area contributed by atoms with Crippen molar-refractivity contribution >= 4 is 63.4 Å². The Hall–Kier alpha value is -0.360. The Labute approximate surface area is 197 Å². The summed E-state index contributed by atoms with van der Waals surface area (Å²) in [5.41, 5.74) is 7.00. The Morgan fingerprint density at radius 2 is 2.10 bits per heavy atom. The molecule has 0 saturated carbocycles. The number of nitrogens with two attached hydrogens (primary N) is 1. The number of hydrogen-bond donors (Lipinski definition) is 2. The summed E-state index contributed by atoms with van der Waals surface area (Å²) in [5.74, 6) is 0.724. The van der Waals surface area contributed by atoms with Crippen LogP contribution in [0.1, 0.15) is 18.5 Å². The summed E-state index contributed by atoms with van der Waals surface area (Å²) in [7, 11) is 0. The number of aliphatic hydroxyl groups is 1. The van der Waals surface area contributed by atoms with Crippen LogP contribution >= 0.6 is 57.6 Å². The number of aliphatic hydroxyl groups excluding tert-OH is 1. The second-order valence-corrected chi connectivity index (χ2v) is 10.4. The first kappa shape index (κ1) is 21.9. The van der Waals surface area contributed by atoms with E-state index in [4.69, 9.17) is 33.7 Å². The number of halogens is 3. The van der Waals surface area contributed by atoms with Crippen LogP contribution < -0.4 is 10.6 Å². The van der Waals surface area contributed by atoms with E-state index in [2.05, 4.69) is 37.5 Å². The molecule has 0 aliphatic carbocycles. The summed E-state index contributed by atoms with van der Waals surface area (Å²) in [6, 6.07) is 5.51. The highest BCUT2D eigenvalue weighted by Crippen LogP contribution is 2.44. The molecule has 2 atom stereocenters. The summed E-state index contributed by atoms with van der Waals surface area (Å²) in [4.78, 5) is 12.2. The number of rotatable bonds is 4. The Morgan fingerprint density at radius 1 is 1.34 bits per heavy atom. The maximum atomic E-state index is 9.89. The van der Waals surface area contributed by atoms with Crippen LogP contribution in [-0.2, 0) is 11.3 Å². The fraction of sp³-hybridized carbons (Fsp3) is 0.474. The van der Waals surface area contributed by atoms with Crippen molar-refractivity contribution in [1.29, 1.82) is 0 Å². The largest absolute Gasteiger partial charge is 0.390 e. The minimum absolute atomic E-state index is 0.0360. The van der Waals surface area contributed by atoms with E-state index in [1.165, 1.54) is 11.8 Å². The molecule has 29 heavy (non-hydrogen) atoms. The highest BCUT2D eigenvalue weighted by atomic mass is 127. The predicted molar refractivity (Wildman–Crippen MR) is 124 cm³/mol. The van der Waals surface area contributed by atoms with E-state index in [0.717, 1.165) is 36.6 Å². The molecule has 0 radical (unpaired) electrons. The molecule has 1 aromatic heterocycles. The molecule has 2 aliphatic heterocycles. The monoisotopic (exact) mass is 566 g/mol. The molecule has 6 nitrogen and oxygen atoms in total. The zero-order chi connectivity index (χ0) is 20.6. The molecule has 0 unspecified atom stereocenters. The molecular formula is C19H21Cl2IN4O2S. The quantitative estimate of drug-likeness (QED) is 0.425. The molecule has 156 valence electrons. The second-order valence-electron chi connectivity index (χ2n) is 7.33. The van der Waals surface area contributed by atoms with Gasteiger partial charge in [0.05, 0.1) is 29.5 Å². The van der Waals surface area contributed by atoms with Gasteiger partial charge in [0, 0.05) is 29.4 Å². The average molecular weight is 567 g/mol. The van der Waals surface area contributed by atoms with Gasteiger partial charge in [-0.25, -0.2) is 9.97 Å². The number of ether oxygens (including phenoxy) is 1. The van der Waals surface area contributed by atoms with Crippen LogP contribution in [0, 0.1) is 5.41 Å². The molecule has 2 aliphatic rings. The molecule has 0 bridgehead atoms. The Morgan fingerprint density at radius 3 is 2.76 bits per heavy atom. The Kier molecular flexibility index (Phi) is 6.80. The summed E-state index contributed by atoms with van der Waals surface area (Å²) in [6.45, 7) is 2.16. The average Bonchev–Trinajstić information content (AvgIpc) is 3.01. The van der Waals surface area contributed by atoms with Gasteiger partial charge in [-0.1, -0.05) is 41.0 Å². The summed E-state index contributed by atoms with van der Waals surface area (Å²) in [6.07, 6.45) is 3.59. The van der Waals surface area contributed by atoms with Crippen molar-refractivity contribution in [3.8, 4) is 0 Å². The normalized spacial score (nSPS) is 23.7. The third kappa shape index (κ3) is 4.35. The van der Waals surface area contributed by atoms with Gasteiger partial charge >= 0.3 is 0 Å². The van der Waals surface area contributed by atoms with E-state index < -0.39 is 0 Å². The van der Waals surface area contributed by atoms with E-state index in [1.807, 2.05) is 12.1 Å². The van der Waals surface area contributed by atoms with Gasteiger partial charge in [0.1, 0.15) is 14.8 Å². The van der Waals surface area contributed by atoms with Gasteiger partial charge in [0.2, 0.25) is 0 Å². The smallest absolute Gasteiger partial charge is 0.152 e. The number of alkyl halides is 1. The second kappa shape index (κ2) is 9.02. The van der Waals surface area contributed by atoms with Crippen LogP contribution in [0.5, 0.6) is 0 Å². The van der Waals surface area contributed by atoms with E-state index in [0.29, 0.717) is 27.4 Å². The van der Waals surface area contributed by atoms with E-state index in [1.54, 1.807) is 12.3 Å². The first-order chi connectivity index (χ1) is 13.9. The van der Waals surface area contributed by atoms with Crippen molar-refractivity contribution < 1.29 is 9.84 Å². The Bertz CT molecular complexity index is 899. The van der Waals surface area contributed by atoms with Gasteiger partial charge in [-0.3, -0.25) is 0 Å². The summed E-state index contributed by atoms with van der Waals surface area (Å²) < 4.78 is 5.86. The van der Waals surface area contributed by atoms with Crippen molar-refractivity contribution in [1.82, 2.24) is 9.97 Å². The van der Waals surface area contributed by atoms with Gasteiger partial charge in [-0.2, -0.15) is 0 Å². The molecular weight excluding hydrogens is 546 g/mol. The van der Waals surface area contributed by atoms with Crippen molar-refractivity contribution in [2.75, 3.05) is 24.6 Å². The molecule has 2 saturated heterocycles. The molecule has 4 rings (SSSR count). The van der Waals surface area contributed by atoms with E-state index >= 15 is 0 Å². The lowest BCUT2D eigenvalue weighted by Gasteiger charge is -2.41. The third-order valence-electron chi connectivity index (χ3n) is 5.66. The van der Waals surface area contributed by atoms with Crippen LogP contribution in [-0.4, -0.2) is 44.9 Å². The third-order valence-corrected chi connectivity index (χ3v) is 8.69. The van der Waals surface area contributed by atoms with E-state index in [9.17, 15) is 5.11 Å². The van der Waals surface area contributed by atoms with Gasteiger partial charge < -0.3 is 20.5 Å². The van der Waals surface area contributed by atoms with Crippen molar-refractivity contribution in [3.63, 3.8) is 0 Å². The molecule has 1 spiro atoms. The number of piperidine rings is 1. The van der Waals surface area contributed by atoms with Crippen LogP contribution in [0.15, 0.2) is 34.3 Å². The highest BCUT2D eigenvalue weighted by Gasteiger charge is 2.48. The number of anilines is 1. The lowest BCUT2D eigenvalue weighted by atomic mass is 9.75. The molecule has 2 aromatic rings. The van der Waals surface area contributed by atoms with Gasteiger partial charge in [0.15, 0.2) is 5.82 Å².